The first-order valence-electron chi connectivity index (χ1n) is 8.20. The summed E-state index contributed by atoms with van der Waals surface area (Å²) < 4.78 is 7.49. The first-order chi connectivity index (χ1) is 12.5. The Morgan fingerprint density at radius 3 is 2.77 bits per heavy atom. The van der Waals surface area contributed by atoms with E-state index in [4.69, 9.17) is 16.3 Å². The molecule has 0 spiro atoms. The van der Waals surface area contributed by atoms with Crippen LogP contribution in [0.4, 0.5) is 0 Å². The summed E-state index contributed by atoms with van der Waals surface area (Å²) in [4.78, 5) is 8.39. The van der Waals surface area contributed by atoms with E-state index >= 15 is 0 Å². The molecule has 7 nitrogen and oxygen atoms in total. The molecule has 4 rings (SSSR count). The minimum atomic E-state index is -1.27. The minimum Gasteiger partial charge on any atom is -0.387 e. The van der Waals surface area contributed by atoms with Crippen LogP contribution in [0.1, 0.15) is 23.6 Å². The topological polar surface area (TPSA) is 101 Å². The molecule has 1 saturated heterocycles. The quantitative estimate of drug-likeness (QED) is 0.644. The average molecular weight is 376 g/mol. The van der Waals surface area contributed by atoms with Crippen molar-refractivity contribution in [2.24, 2.45) is 0 Å². The summed E-state index contributed by atoms with van der Waals surface area (Å²) in [5, 5.41) is 32.9. The molecule has 1 fully saturated rings. The van der Waals surface area contributed by atoms with Gasteiger partial charge >= 0.3 is 0 Å². The molecule has 0 saturated carbocycles. The van der Waals surface area contributed by atoms with E-state index < -0.39 is 30.6 Å². The van der Waals surface area contributed by atoms with Gasteiger partial charge in [-0.15, -0.1) is 0 Å². The summed E-state index contributed by atoms with van der Waals surface area (Å²) in [7, 11) is 0. The average Bonchev–Trinajstić information content (AvgIpc) is 3.18. The molecule has 0 bridgehead atoms. The lowest BCUT2D eigenvalue weighted by molar-refractivity contribution is -0.0848. The highest BCUT2D eigenvalue weighted by molar-refractivity contribution is 6.30. The molecule has 0 unspecified atom stereocenters. The molecule has 136 valence electrons. The van der Waals surface area contributed by atoms with Crippen molar-refractivity contribution in [1.29, 1.82) is 0 Å². The maximum atomic E-state index is 10.6. The maximum Gasteiger partial charge on any atom is 0.164 e. The van der Waals surface area contributed by atoms with Gasteiger partial charge in [-0.25, -0.2) is 9.97 Å². The monoisotopic (exact) mass is 375 g/mol. The highest BCUT2D eigenvalue weighted by atomic mass is 35.5. The summed E-state index contributed by atoms with van der Waals surface area (Å²) in [6.07, 6.45) is -2.36. The van der Waals surface area contributed by atoms with Crippen molar-refractivity contribution in [3.63, 3.8) is 0 Å². The number of hydrogen-bond acceptors (Lipinski definition) is 6. The second-order valence-electron chi connectivity index (χ2n) is 6.39. The molecule has 3 aromatic rings. The van der Waals surface area contributed by atoms with Crippen molar-refractivity contribution < 1.29 is 20.1 Å². The molecule has 1 aliphatic rings. The number of rotatable bonds is 3. The highest BCUT2D eigenvalue weighted by Gasteiger charge is 2.47. The number of fused-ring (bicyclic) bond motifs is 1. The van der Waals surface area contributed by atoms with Crippen LogP contribution in [0.25, 0.3) is 11.0 Å². The molecule has 0 radical (unpaired) electrons. The summed E-state index contributed by atoms with van der Waals surface area (Å²) in [6, 6.07) is 8.51. The van der Waals surface area contributed by atoms with Gasteiger partial charge in [-0.1, -0.05) is 23.7 Å². The first kappa shape index (κ1) is 17.4. The third kappa shape index (κ3) is 2.78. The summed E-state index contributed by atoms with van der Waals surface area (Å²) in [5.74, 6) is 0. The highest BCUT2D eigenvalue weighted by Crippen LogP contribution is 2.37. The molecule has 26 heavy (non-hydrogen) atoms. The van der Waals surface area contributed by atoms with E-state index in [0.29, 0.717) is 16.2 Å². The number of aromatic nitrogens is 3. The molecular formula is C18H18ClN3O4. The number of aryl methyl sites for hydroxylation is 1. The van der Waals surface area contributed by atoms with Gasteiger partial charge in [-0.05, 0) is 30.7 Å². The number of aliphatic hydroxyl groups excluding tert-OH is 3. The van der Waals surface area contributed by atoms with Gasteiger partial charge in [-0.2, -0.15) is 0 Å². The smallest absolute Gasteiger partial charge is 0.164 e. The SMILES string of the molecule is Cc1ncnc2c1ccn2[C@@H]1O[C@H]([C@@H](O)c2cccc(Cl)c2)[C@@H](O)[C@H]1O. The van der Waals surface area contributed by atoms with Gasteiger partial charge in [0.1, 0.15) is 36.4 Å². The predicted molar refractivity (Wildman–Crippen MR) is 94.6 cm³/mol. The van der Waals surface area contributed by atoms with Crippen LogP contribution in [-0.2, 0) is 4.74 Å². The molecule has 3 N–H and O–H groups in total. The van der Waals surface area contributed by atoms with Crippen LogP contribution in [0.5, 0.6) is 0 Å². The Kier molecular flexibility index (Phi) is 4.42. The Morgan fingerprint density at radius 1 is 1.19 bits per heavy atom. The number of ether oxygens (including phenoxy) is 1. The molecule has 5 atom stereocenters. The van der Waals surface area contributed by atoms with Crippen LogP contribution in [0.2, 0.25) is 5.02 Å². The fraction of sp³-hybridized carbons (Fsp3) is 0.333. The largest absolute Gasteiger partial charge is 0.387 e. The van der Waals surface area contributed by atoms with E-state index in [1.807, 2.05) is 13.0 Å². The Balaban J connectivity index is 1.66. The normalized spacial score (nSPS) is 27.1. The van der Waals surface area contributed by atoms with Crippen LogP contribution >= 0.6 is 11.6 Å². The number of halogens is 1. The van der Waals surface area contributed by atoms with E-state index in [-0.39, 0.29) is 0 Å². The van der Waals surface area contributed by atoms with E-state index in [1.165, 1.54) is 6.33 Å². The van der Waals surface area contributed by atoms with Crippen LogP contribution in [0, 0.1) is 6.92 Å². The van der Waals surface area contributed by atoms with Crippen LogP contribution in [-0.4, -0.2) is 48.2 Å². The van der Waals surface area contributed by atoms with Crippen molar-refractivity contribution >= 4 is 22.6 Å². The minimum absolute atomic E-state index is 0.467. The molecule has 2 aromatic heterocycles. The summed E-state index contributed by atoms with van der Waals surface area (Å²) in [5.41, 5.74) is 1.90. The van der Waals surface area contributed by atoms with Crippen molar-refractivity contribution in [3.8, 4) is 0 Å². The number of hydrogen-bond donors (Lipinski definition) is 3. The van der Waals surface area contributed by atoms with Gasteiger partial charge in [0.15, 0.2) is 6.23 Å². The Hall–Kier alpha value is -2.03. The molecule has 1 aliphatic heterocycles. The van der Waals surface area contributed by atoms with Gasteiger partial charge in [0.25, 0.3) is 0 Å². The third-order valence-corrected chi connectivity index (χ3v) is 4.99. The van der Waals surface area contributed by atoms with Crippen LogP contribution in [0.3, 0.4) is 0 Å². The first-order valence-corrected chi connectivity index (χ1v) is 8.58. The molecule has 0 aliphatic carbocycles. The molecule has 8 heteroatoms. The lowest BCUT2D eigenvalue weighted by Gasteiger charge is -2.21. The zero-order chi connectivity index (χ0) is 18.4. The maximum absolute atomic E-state index is 10.6. The Morgan fingerprint density at radius 2 is 2.00 bits per heavy atom. The summed E-state index contributed by atoms with van der Waals surface area (Å²) in [6.45, 7) is 1.86. The zero-order valence-electron chi connectivity index (χ0n) is 13.9. The van der Waals surface area contributed by atoms with E-state index in [0.717, 1.165) is 11.1 Å². The molecule has 1 aromatic carbocycles. The zero-order valence-corrected chi connectivity index (χ0v) is 14.7. The van der Waals surface area contributed by atoms with Gasteiger partial charge in [0, 0.05) is 16.6 Å². The van der Waals surface area contributed by atoms with E-state index in [1.54, 1.807) is 35.0 Å². The Labute approximate surface area is 154 Å². The van der Waals surface area contributed by atoms with E-state index in [2.05, 4.69) is 9.97 Å². The van der Waals surface area contributed by atoms with Gasteiger partial charge in [0.05, 0.1) is 5.69 Å². The summed E-state index contributed by atoms with van der Waals surface area (Å²) >= 11 is 5.97. The number of aliphatic hydroxyl groups is 3. The molecule has 0 amide bonds. The fourth-order valence-corrected chi connectivity index (χ4v) is 3.56. The van der Waals surface area contributed by atoms with Crippen molar-refractivity contribution in [3.05, 3.63) is 59.1 Å². The van der Waals surface area contributed by atoms with Crippen molar-refractivity contribution in [2.45, 2.75) is 37.6 Å². The Bertz CT molecular complexity index is 947. The predicted octanol–water partition coefficient (Wildman–Crippen LogP) is 1.75. The second-order valence-corrected chi connectivity index (χ2v) is 6.83. The standard InChI is InChI=1S/C18H18ClN3O4/c1-9-12-5-6-22(17(12)21-8-20-9)18-15(25)14(24)16(26-18)13(23)10-3-2-4-11(19)7-10/h2-8,13-16,18,23-25H,1H3/t13-,14-,15+,16+,18+/m0/s1. The second kappa shape index (κ2) is 6.61. The fourth-order valence-electron chi connectivity index (χ4n) is 3.36. The van der Waals surface area contributed by atoms with Gasteiger partial charge in [-0.3, -0.25) is 0 Å². The molecular weight excluding hydrogens is 358 g/mol. The molecule has 3 heterocycles. The third-order valence-electron chi connectivity index (χ3n) is 4.76. The van der Waals surface area contributed by atoms with E-state index in [9.17, 15) is 15.3 Å². The lowest BCUT2D eigenvalue weighted by atomic mass is 9.99. The van der Waals surface area contributed by atoms with Gasteiger partial charge in [0.2, 0.25) is 0 Å². The van der Waals surface area contributed by atoms with Crippen LogP contribution in [0.15, 0.2) is 42.9 Å². The van der Waals surface area contributed by atoms with Crippen molar-refractivity contribution in [1.82, 2.24) is 14.5 Å². The van der Waals surface area contributed by atoms with Crippen molar-refractivity contribution in [2.75, 3.05) is 0 Å². The lowest BCUT2D eigenvalue weighted by Crippen LogP contribution is -2.34. The number of nitrogens with zero attached hydrogens (tertiary/aromatic N) is 3. The van der Waals surface area contributed by atoms with Gasteiger partial charge < -0.3 is 24.6 Å². The number of benzene rings is 1. The van der Waals surface area contributed by atoms with Crippen LogP contribution < -0.4 is 0 Å².